The summed E-state index contributed by atoms with van der Waals surface area (Å²) >= 11 is 0. The van der Waals surface area contributed by atoms with E-state index in [0.29, 0.717) is 17.9 Å². The maximum absolute atomic E-state index is 11.1. The summed E-state index contributed by atoms with van der Waals surface area (Å²) in [6.07, 6.45) is 1.43. The standard InChI is InChI=1S/C16H16NO5/c1-20-14-8-13(16(21-2)15(9-14)17(18)19)11-22-10-12-6-4-3-5-7-12/h3-9,11H,10H2,1-2H3/q+1. The highest BCUT2D eigenvalue weighted by atomic mass is 16.6. The van der Waals surface area contributed by atoms with Crippen LogP contribution < -0.4 is 9.47 Å². The van der Waals surface area contributed by atoms with E-state index in [2.05, 4.69) is 0 Å². The van der Waals surface area contributed by atoms with E-state index in [1.54, 1.807) is 6.07 Å². The summed E-state index contributed by atoms with van der Waals surface area (Å²) in [7, 11) is 2.82. The molecule has 0 radical (unpaired) electrons. The molecule has 0 heterocycles. The zero-order chi connectivity index (χ0) is 15.9. The Morgan fingerprint density at radius 1 is 1.18 bits per heavy atom. The predicted molar refractivity (Wildman–Crippen MR) is 81.7 cm³/mol. The third-order valence-corrected chi connectivity index (χ3v) is 3.01. The first-order chi connectivity index (χ1) is 10.7. The zero-order valence-electron chi connectivity index (χ0n) is 12.3. The first-order valence-corrected chi connectivity index (χ1v) is 6.55. The van der Waals surface area contributed by atoms with Crippen LogP contribution in [0.2, 0.25) is 0 Å². The summed E-state index contributed by atoms with van der Waals surface area (Å²) in [5.74, 6) is 0.501. The van der Waals surface area contributed by atoms with Gasteiger partial charge in [-0.25, -0.2) is 0 Å². The smallest absolute Gasteiger partial charge is 0.320 e. The lowest BCUT2D eigenvalue weighted by molar-refractivity contribution is -0.385. The molecule has 2 aromatic rings. The second-order valence-electron chi connectivity index (χ2n) is 4.44. The van der Waals surface area contributed by atoms with E-state index in [1.807, 2.05) is 30.3 Å². The molecule has 114 valence electrons. The van der Waals surface area contributed by atoms with Crippen LogP contribution in [-0.4, -0.2) is 25.4 Å². The van der Waals surface area contributed by atoms with Gasteiger partial charge in [-0.1, -0.05) is 18.2 Å². The maximum atomic E-state index is 11.1. The normalized spacial score (nSPS) is 10.6. The van der Waals surface area contributed by atoms with Gasteiger partial charge in [-0.3, -0.25) is 14.5 Å². The number of methoxy groups -OCH3 is 2. The molecule has 22 heavy (non-hydrogen) atoms. The molecule has 0 aliphatic rings. The second-order valence-corrected chi connectivity index (χ2v) is 4.44. The van der Waals surface area contributed by atoms with Crippen molar-refractivity contribution in [3.63, 3.8) is 0 Å². The van der Waals surface area contributed by atoms with Gasteiger partial charge in [-0.2, -0.15) is 0 Å². The Balaban J connectivity index is 2.32. The van der Waals surface area contributed by atoms with Gasteiger partial charge in [-0.05, 0) is 12.1 Å². The Morgan fingerprint density at radius 2 is 1.91 bits per heavy atom. The highest BCUT2D eigenvalue weighted by Gasteiger charge is 2.22. The SMILES string of the molecule is COc1cc(C=[O+]Cc2ccccc2)c(OC)c([N+](=O)[O-])c1. The maximum Gasteiger partial charge on any atom is 0.320 e. The number of nitro groups is 1. The van der Waals surface area contributed by atoms with Crippen LogP contribution in [0, 0.1) is 10.1 Å². The minimum atomic E-state index is -0.518. The molecule has 2 aromatic carbocycles. The number of nitrogens with zero attached hydrogens (tertiary/aromatic N) is 1. The van der Waals surface area contributed by atoms with Crippen molar-refractivity contribution in [3.8, 4) is 11.5 Å². The lowest BCUT2D eigenvalue weighted by Gasteiger charge is -2.05. The Kier molecular flexibility index (Phi) is 5.08. The van der Waals surface area contributed by atoms with Gasteiger partial charge in [0, 0.05) is 11.6 Å². The van der Waals surface area contributed by atoms with Crippen molar-refractivity contribution < 1.29 is 18.8 Å². The summed E-state index contributed by atoms with van der Waals surface area (Å²) in [5.41, 5.74) is 1.27. The second kappa shape index (κ2) is 7.21. The van der Waals surface area contributed by atoms with Gasteiger partial charge in [-0.15, -0.1) is 0 Å². The molecule has 0 atom stereocenters. The number of carbonyl (C=O) groups excluding carboxylic acids is 1. The first-order valence-electron chi connectivity index (χ1n) is 6.55. The van der Waals surface area contributed by atoms with E-state index in [4.69, 9.17) is 13.9 Å². The minimum Gasteiger partial charge on any atom is -0.496 e. The van der Waals surface area contributed by atoms with Gasteiger partial charge in [0.05, 0.1) is 25.2 Å². The number of nitro benzene ring substituents is 1. The molecule has 0 fully saturated rings. The van der Waals surface area contributed by atoms with E-state index < -0.39 is 4.92 Å². The Labute approximate surface area is 127 Å². The highest BCUT2D eigenvalue weighted by Crippen LogP contribution is 2.34. The monoisotopic (exact) mass is 302 g/mol. The van der Waals surface area contributed by atoms with Crippen molar-refractivity contribution in [2.45, 2.75) is 6.61 Å². The Morgan fingerprint density at radius 3 is 2.50 bits per heavy atom. The summed E-state index contributed by atoms with van der Waals surface area (Å²) in [4.78, 5) is 10.6. The predicted octanol–water partition coefficient (Wildman–Crippen LogP) is 3.16. The number of benzene rings is 2. The third kappa shape index (κ3) is 3.60. The summed E-state index contributed by atoms with van der Waals surface area (Å²) in [6.45, 7) is 0.356. The summed E-state index contributed by atoms with van der Waals surface area (Å²) in [6, 6.07) is 12.5. The molecule has 0 spiro atoms. The number of hydrogen-bond donors (Lipinski definition) is 0. The Hall–Kier alpha value is -2.89. The number of rotatable bonds is 6. The largest absolute Gasteiger partial charge is 0.496 e. The van der Waals surface area contributed by atoms with Gasteiger partial charge in [0.1, 0.15) is 11.3 Å². The van der Waals surface area contributed by atoms with E-state index >= 15 is 0 Å². The minimum absolute atomic E-state index is 0.138. The topological polar surface area (TPSA) is 72.9 Å². The van der Waals surface area contributed by atoms with Crippen LogP contribution in [0.3, 0.4) is 0 Å². The molecule has 0 amide bonds. The molecule has 6 nitrogen and oxygen atoms in total. The molecule has 0 aliphatic heterocycles. The van der Waals surface area contributed by atoms with Crippen molar-refractivity contribution in [3.05, 3.63) is 63.7 Å². The summed E-state index contributed by atoms with van der Waals surface area (Å²) < 4.78 is 15.7. The Bertz CT molecular complexity index is 682. The molecule has 0 unspecified atom stereocenters. The van der Waals surface area contributed by atoms with Crippen molar-refractivity contribution in [1.29, 1.82) is 0 Å². The van der Waals surface area contributed by atoms with Crippen LogP contribution in [0.15, 0.2) is 42.5 Å². The van der Waals surface area contributed by atoms with Gasteiger partial charge >= 0.3 is 12.0 Å². The molecule has 0 aliphatic carbocycles. The molecular formula is C16H16NO5+. The summed E-state index contributed by atoms with van der Waals surface area (Å²) in [5, 5.41) is 11.1. The van der Waals surface area contributed by atoms with Crippen LogP contribution in [0.5, 0.6) is 11.5 Å². The molecular weight excluding hydrogens is 286 g/mol. The van der Waals surface area contributed by atoms with Crippen LogP contribution in [-0.2, 0) is 6.61 Å². The fourth-order valence-electron chi connectivity index (χ4n) is 1.97. The molecule has 2 rings (SSSR count). The molecule has 6 heteroatoms. The third-order valence-electron chi connectivity index (χ3n) is 3.01. The van der Waals surface area contributed by atoms with Gasteiger partial charge in [0.25, 0.3) is 6.61 Å². The van der Waals surface area contributed by atoms with Crippen molar-refractivity contribution in [2.75, 3.05) is 14.2 Å². The lowest BCUT2D eigenvalue weighted by Crippen LogP contribution is -1.99. The van der Waals surface area contributed by atoms with E-state index in [1.165, 1.54) is 26.6 Å². The molecule has 0 saturated heterocycles. The van der Waals surface area contributed by atoms with Crippen LogP contribution in [0.4, 0.5) is 5.69 Å². The molecule has 0 N–H and O–H groups in total. The fraction of sp³-hybridized carbons (Fsp3) is 0.188. The van der Waals surface area contributed by atoms with Gasteiger partial charge in [0.2, 0.25) is 5.75 Å². The van der Waals surface area contributed by atoms with E-state index in [0.717, 1.165) is 5.56 Å². The molecule has 0 saturated carbocycles. The average Bonchev–Trinajstić information content (AvgIpc) is 2.54. The van der Waals surface area contributed by atoms with Crippen molar-refractivity contribution >= 4 is 12.0 Å². The quantitative estimate of drug-likeness (QED) is 0.355. The van der Waals surface area contributed by atoms with Crippen molar-refractivity contribution in [2.24, 2.45) is 0 Å². The highest BCUT2D eigenvalue weighted by molar-refractivity contribution is 5.83. The first kappa shape index (κ1) is 15.5. The van der Waals surface area contributed by atoms with Crippen molar-refractivity contribution in [1.82, 2.24) is 0 Å². The average molecular weight is 302 g/mol. The molecule has 0 aromatic heterocycles. The van der Waals surface area contributed by atoms with Gasteiger partial charge < -0.3 is 9.47 Å². The van der Waals surface area contributed by atoms with Crippen LogP contribution in [0.1, 0.15) is 15.6 Å². The zero-order valence-corrected chi connectivity index (χ0v) is 12.3. The number of aldehydes is 1. The van der Waals surface area contributed by atoms with Crippen LogP contribution in [0.25, 0.3) is 0 Å². The number of ether oxygens (including phenoxy) is 2. The van der Waals surface area contributed by atoms with E-state index in [-0.39, 0.29) is 11.4 Å². The van der Waals surface area contributed by atoms with Crippen LogP contribution >= 0.6 is 0 Å². The lowest BCUT2D eigenvalue weighted by atomic mass is 10.1. The van der Waals surface area contributed by atoms with Gasteiger partial charge in [0.15, 0.2) is 0 Å². The molecule has 0 bridgehead atoms. The number of hydrogen-bond acceptors (Lipinski definition) is 4. The van der Waals surface area contributed by atoms with E-state index in [9.17, 15) is 10.1 Å². The fourth-order valence-corrected chi connectivity index (χ4v) is 1.97.